The molecule has 2 unspecified atom stereocenters. The molecule has 0 bridgehead atoms. The molecule has 2 aliphatic rings. The lowest BCUT2D eigenvalue weighted by Gasteiger charge is -2.37. The molecule has 1 N–H and O–H groups in total. The van der Waals surface area contributed by atoms with Crippen LogP contribution in [-0.4, -0.2) is 67.2 Å². The number of hydrogen-bond donors (Lipinski definition) is 1. The Morgan fingerprint density at radius 3 is 2.59 bits per heavy atom. The van der Waals surface area contributed by atoms with Gasteiger partial charge in [-0.1, -0.05) is 30.3 Å². The van der Waals surface area contributed by atoms with Crippen LogP contribution >= 0.6 is 11.3 Å². The van der Waals surface area contributed by atoms with Gasteiger partial charge in [0.15, 0.2) is 0 Å². The number of aromatic nitrogens is 1. The van der Waals surface area contributed by atoms with Gasteiger partial charge in [0.25, 0.3) is 0 Å². The van der Waals surface area contributed by atoms with Crippen LogP contribution in [0.25, 0.3) is 10.6 Å². The lowest BCUT2D eigenvalue weighted by molar-refractivity contribution is 0.120. The maximum Gasteiger partial charge on any atom is 0.320 e. The van der Waals surface area contributed by atoms with Gasteiger partial charge in [-0.3, -0.25) is 0 Å². The van der Waals surface area contributed by atoms with Gasteiger partial charge < -0.3 is 9.80 Å². The molecule has 29 heavy (non-hydrogen) atoms. The monoisotopic (exact) mass is 434 g/mol. The maximum atomic E-state index is 12.9. The summed E-state index contributed by atoms with van der Waals surface area (Å²) >= 11 is 1.63. The highest BCUT2D eigenvalue weighted by Gasteiger charge is 2.41. The van der Waals surface area contributed by atoms with Crippen molar-refractivity contribution in [2.75, 3.05) is 25.9 Å². The number of rotatable bonds is 5. The third-order valence-electron chi connectivity index (χ3n) is 5.60. The molecule has 4 rings (SSSR count). The number of nitrogens with zero attached hydrogens (tertiary/aromatic N) is 3. The van der Waals surface area contributed by atoms with Gasteiger partial charge >= 0.3 is 6.03 Å². The van der Waals surface area contributed by atoms with E-state index in [0.29, 0.717) is 19.4 Å². The molecular formula is C20H26N4O3S2. The van der Waals surface area contributed by atoms with Crippen molar-refractivity contribution < 1.29 is 13.2 Å². The van der Waals surface area contributed by atoms with Gasteiger partial charge in [0, 0.05) is 42.5 Å². The molecule has 2 amide bonds. The molecule has 0 spiro atoms. The summed E-state index contributed by atoms with van der Waals surface area (Å²) in [7, 11) is -3.36. The summed E-state index contributed by atoms with van der Waals surface area (Å²) in [5.41, 5.74) is 2.00. The lowest BCUT2D eigenvalue weighted by atomic mass is 10.0. The summed E-state index contributed by atoms with van der Waals surface area (Å²) in [4.78, 5) is 22.5. The fourth-order valence-corrected chi connectivity index (χ4v) is 5.74. The normalized spacial score (nSPS) is 22.0. The van der Waals surface area contributed by atoms with E-state index in [-0.39, 0.29) is 18.1 Å². The highest BCUT2D eigenvalue weighted by Crippen LogP contribution is 2.31. The Morgan fingerprint density at radius 2 is 1.97 bits per heavy atom. The summed E-state index contributed by atoms with van der Waals surface area (Å²) in [6.45, 7) is 4.15. The van der Waals surface area contributed by atoms with Crippen LogP contribution < -0.4 is 4.72 Å². The van der Waals surface area contributed by atoms with E-state index in [1.807, 2.05) is 47.1 Å². The first kappa shape index (κ1) is 20.3. The highest BCUT2D eigenvalue weighted by molar-refractivity contribution is 7.88. The summed E-state index contributed by atoms with van der Waals surface area (Å²) in [5, 5.41) is 0.948. The minimum atomic E-state index is -3.36. The van der Waals surface area contributed by atoms with E-state index in [2.05, 4.69) is 4.72 Å². The van der Waals surface area contributed by atoms with Crippen LogP contribution in [0.15, 0.2) is 30.3 Å². The molecule has 0 saturated carbocycles. The Hall–Kier alpha value is -1.97. The van der Waals surface area contributed by atoms with Gasteiger partial charge in [-0.2, -0.15) is 0 Å². The minimum Gasteiger partial charge on any atom is -0.325 e. The summed E-state index contributed by atoms with van der Waals surface area (Å²) in [5.74, 6) is 0. The zero-order chi connectivity index (χ0) is 20.6. The van der Waals surface area contributed by atoms with E-state index in [0.717, 1.165) is 40.7 Å². The van der Waals surface area contributed by atoms with Crippen molar-refractivity contribution in [3.63, 3.8) is 0 Å². The molecule has 7 nitrogen and oxygen atoms in total. The number of amides is 2. The number of benzene rings is 1. The number of carbonyl (C=O) groups excluding carboxylic acids is 1. The van der Waals surface area contributed by atoms with Crippen molar-refractivity contribution in [1.29, 1.82) is 0 Å². The first-order valence-corrected chi connectivity index (χ1v) is 12.6. The average Bonchev–Trinajstić information content (AvgIpc) is 3.17. The smallest absolute Gasteiger partial charge is 0.320 e. The van der Waals surface area contributed by atoms with Gasteiger partial charge in [-0.15, -0.1) is 11.3 Å². The highest BCUT2D eigenvalue weighted by atomic mass is 32.2. The second-order valence-corrected chi connectivity index (χ2v) is 10.7. The molecule has 3 heterocycles. The number of aryl methyl sites for hydroxylation is 1. The predicted molar refractivity (Wildman–Crippen MR) is 114 cm³/mol. The number of urea groups is 1. The van der Waals surface area contributed by atoms with Crippen LogP contribution in [0.2, 0.25) is 0 Å². The Bertz CT molecular complexity index is 986. The van der Waals surface area contributed by atoms with Crippen LogP contribution in [0.3, 0.4) is 0 Å². The summed E-state index contributed by atoms with van der Waals surface area (Å²) in [6.07, 6.45) is 3.36. The van der Waals surface area contributed by atoms with Gasteiger partial charge in [-0.25, -0.2) is 22.9 Å². The zero-order valence-electron chi connectivity index (χ0n) is 16.7. The van der Waals surface area contributed by atoms with Crippen LogP contribution in [0.1, 0.15) is 23.4 Å². The molecule has 2 aliphatic heterocycles. The first-order valence-electron chi connectivity index (χ1n) is 9.86. The third-order valence-corrected chi connectivity index (χ3v) is 7.39. The van der Waals surface area contributed by atoms with E-state index < -0.39 is 10.0 Å². The Kier molecular flexibility index (Phi) is 5.63. The number of carbonyl (C=O) groups is 1. The van der Waals surface area contributed by atoms with Crippen molar-refractivity contribution in [1.82, 2.24) is 19.5 Å². The Morgan fingerprint density at radius 1 is 1.24 bits per heavy atom. The zero-order valence-corrected chi connectivity index (χ0v) is 18.3. The molecule has 1 aromatic carbocycles. The van der Waals surface area contributed by atoms with Crippen molar-refractivity contribution in [2.24, 2.45) is 0 Å². The molecule has 1 aromatic heterocycles. The van der Waals surface area contributed by atoms with Crippen LogP contribution in [0, 0.1) is 6.92 Å². The van der Waals surface area contributed by atoms with Gasteiger partial charge in [0.2, 0.25) is 10.0 Å². The molecule has 9 heteroatoms. The summed E-state index contributed by atoms with van der Waals surface area (Å²) < 4.78 is 26.5. The van der Waals surface area contributed by atoms with Crippen molar-refractivity contribution in [2.45, 2.75) is 38.3 Å². The third kappa shape index (κ3) is 4.46. The van der Waals surface area contributed by atoms with Gasteiger partial charge in [0.05, 0.1) is 18.0 Å². The Labute approximate surface area is 175 Å². The lowest BCUT2D eigenvalue weighted by Crippen LogP contribution is -2.54. The van der Waals surface area contributed by atoms with Crippen LogP contribution in [-0.2, 0) is 16.4 Å². The van der Waals surface area contributed by atoms with Crippen molar-refractivity contribution in [3.8, 4) is 10.6 Å². The molecule has 0 aliphatic carbocycles. The molecular weight excluding hydrogens is 408 g/mol. The average molecular weight is 435 g/mol. The maximum absolute atomic E-state index is 12.9. The summed E-state index contributed by atoms with van der Waals surface area (Å²) in [6, 6.07) is 9.50. The largest absolute Gasteiger partial charge is 0.325 e. The first-order chi connectivity index (χ1) is 13.8. The Balaban J connectivity index is 1.59. The SMILES string of the molecule is Cc1sc(-c2ccccc2)nc1CC1C(NS(C)(=O)=O)CCN1C(=O)N1CCC1. The van der Waals surface area contributed by atoms with Crippen LogP contribution in [0.5, 0.6) is 0 Å². The topological polar surface area (TPSA) is 82.6 Å². The van der Waals surface area contributed by atoms with E-state index >= 15 is 0 Å². The fraction of sp³-hybridized carbons (Fsp3) is 0.500. The second kappa shape index (κ2) is 8.04. The van der Waals surface area contributed by atoms with Crippen molar-refractivity contribution >= 4 is 27.4 Å². The van der Waals surface area contributed by atoms with Gasteiger partial charge in [-0.05, 0) is 19.8 Å². The molecule has 2 saturated heterocycles. The molecule has 2 aromatic rings. The van der Waals surface area contributed by atoms with E-state index in [1.54, 1.807) is 11.3 Å². The van der Waals surface area contributed by atoms with E-state index in [9.17, 15) is 13.2 Å². The predicted octanol–water partition coefficient (Wildman–Crippen LogP) is 2.48. The van der Waals surface area contributed by atoms with Gasteiger partial charge in [0.1, 0.15) is 5.01 Å². The van der Waals surface area contributed by atoms with E-state index in [1.165, 1.54) is 6.26 Å². The quantitative estimate of drug-likeness (QED) is 0.784. The fourth-order valence-electron chi connectivity index (χ4n) is 3.96. The number of nitrogens with one attached hydrogen (secondary N) is 1. The standard InChI is InChI=1S/C20H26N4O3S2/c1-14-17(21-19(28-14)15-7-4-3-5-8-15)13-18-16(22-29(2,26)27)9-12-24(18)20(25)23-10-6-11-23/h3-5,7-8,16,18,22H,6,9-13H2,1-2H3. The van der Waals surface area contributed by atoms with Crippen LogP contribution in [0.4, 0.5) is 4.79 Å². The number of thiazole rings is 1. The van der Waals surface area contributed by atoms with Crippen molar-refractivity contribution in [3.05, 3.63) is 40.9 Å². The molecule has 2 atom stereocenters. The number of likely N-dealkylation sites (tertiary alicyclic amines) is 2. The molecule has 156 valence electrons. The number of hydrogen-bond acceptors (Lipinski definition) is 5. The second-order valence-electron chi connectivity index (χ2n) is 7.76. The molecule has 2 fully saturated rings. The molecule has 0 radical (unpaired) electrons. The number of sulfonamides is 1. The minimum absolute atomic E-state index is 0.00946. The van der Waals surface area contributed by atoms with E-state index in [4.69, 9.17) is 4.98 Å².